The summed E-state index contributed by atoms with van der Waals surface area (Å²) in [5.41, 5.74) is 6.61. The molecular weight excluding hydrogens is 290 g/mol. The molecule has 0 saturated carbocycles. The normalized spacial score (nSPS) is 24.2. The molecule has 2 N–H and O–H groups in total. The van der Waals surface area contributed by atoms with Crippen LogP contribution in [0.2, 0.25) is 0 Å². The number of benzene rings is 1. The zero-order chi connectivity index (χ0) is 15.6. The number of nitrogens with two attached hydrogens (primary N) is 1. The van der Waals surface area contributed by atoms with Gasteiger partial charge in [0.25, 0.3) is 0 Å². The summed E-state index contributed by atoms with van der Waals surface area (Å²) in [4.78, 5) is 1.83. The molecule has 3 atom stereocenters. The Morgan fingerprint density at radius 1 is 1.24 bits per heavy atom. The molecule has 0 radical (unpaired) electrons. The van der Waals surface area contributed by atoms with Crippen molar-refractivity contribution in [1.29, 1.82) is 0 Å². The fourth-order valence-corrected chi connectivity index (χ4v) is 4.17. The summed E-state index contributed by atoms with van der Waals surface area (Å²) in [5, 5.41) is 0.751. The average molecular weight is 314 g/mol. The highest BCUT2D eigenvalue weighted by atomic mass is 32.2. The van der Waals surface area contributed by atoms with Crippen molar-refractivity contribution in [3.8, 4) is 0 Å². The van der Waals surface area contributed by atoms with Crippen LogP contribution in [-0.4, -0.2) is 29.6 Å². The molecule has 0 amide bonds. The second-order valence-corrected chi connectivity index (χ2v) is 7.82. The third kappa shape index (κ3) is 4.10. The molecule has 2 rings (SSSR count). The minimum absolute atomic E-state index is 0.0546. The molecule has 0 aromatic heterocycles. The van der Waals surface area contributed by atoms with Crippen LogP contribution in [0, 0.1) is 11.6 Å². The molecule has 0 spiro atoms. The number of nitrogens with zero attached hydrogens (tertiary/aromatic N) is 1. The smallest absolute Gasteiger partial charge is 0.149 e. The molecule has 3 unspecified atom stereocenters. The summed E-state index contributed by atoms with van der Waals surface area (Å²) in [6.45, 7) is 7.52. The summed E-state index contributed by atoms with van der Waals surface area (Å²) in [7, 11) is 0. The van der Waals surface area contributed by atoms with E-state index >= 15 is 0 Å². The molecule has 21 heavy (non-hydrogen) atoms. The van der Waals surface area contributed by atoms with Gasteiger partial charge in [-0.2, -0.15) is 11.8 Å². The van der Waals surface area contributed by atoms with E-state index in [-0.39, 0.29) is 11.7 Å². The van der Waals surface area contributed by atoms with E-state index in [0.29, 0.717) is 35.6 Å². The third-order valence-corrected chi connectivity index (χ3v) is 5.06. The summed E-state index contributed by atoms with van der Waals surface area (Å²) in [6, 6.07) is 2.82. The maximum Gasteiger partial charge on any atom is 0.149 e. The Kier molecular flexibility index (Phi) is 5.49. The first-order valence-electron chi connectivity index (χ1n) is 7.54. The number of hydrogen-bond donors (Lipinski definition) is 1. The Morgan fingerprint density at radius 3 is 2.24 bits per heavy atom. The van der Waals surface area contributed by atoms with Crippen LogP contribution >= 0.6 is 11.8 Å². The van der Waals surface area contributed by atoms with E-state index in [2.05, 4.69) is 13.8 Å². The highest BCUT2D eigenvalue weighted by molar-refractivity contribution is 8.00. The van der Waals surface area contributed by atoms with Gasteiger partial charge in [0.1, 0.15) is 17.3 Å². The van der Waals surface area contributed by atoms with E-state index in [0.717, 1.165) is 6.42 Å². The van der Waals surface area contributed by atoms with Gasteiger partial charge in [-0.3, -0.25) is 0 Å². The van der Waals surface area contributed by atoms with Crippen molar-refractivity contribution in [2.45, 2.75) is 50.2 Å². The van der Waals surface area contributed by atoms with E-state index in [9.17, 15) is 8.78 Å². The second-order valence-electron chi connectivity index (χ2n) is 5.94. The predicted octanol–water partition coefficient (Wildman–Crippen LogP) is 3.57. The first-order valence-corrected chi connectivity index (χ1v) is 8.48. The molecule has 1 aliphatic rings. The number of hydrogen-bond acceptors (Lipinski definition) is 3. The van der Waals surface area contributed by atoms with Crippen LogP contribution in [0.5, 0.6) is 0 Å². The summed E-state index contributed by atoms with van der Waals surface area (Å²) < 4.78 is 28.7. The fourth-order valence-electron chi connectivity index (χ4n) is 2.85. The second kappa shape index (κ2) is 6.97. The van der Waals surface area contributed by atoms with Crippen LogP contribution in [0.1, 0.15) is 32.8 Å². The van der Waals surface area contributed by atoms with Gasteiger partial charge in [0.2, 0.25) is 0 Å². The van der Waals surface area contributed by atoms with E-state index in [1.54, 1.807) is 0 Å². The quantitative estimate of drug-likeness (QED) is 0.921. The van der Waals surface area contributed by atoms with Crippen LogP contribution in [0.4, 0.5) is 14.5 Å². The Hall–Kier alpha value is -0.810. The van der Waals surface area contributed by atoms with Crippen molar-refractivity contribution in [3.63, 3.8) is 0 Å². The first kappa shape index (κ1) is 16.6. The van der Waals surface area contributed by atoms with Gasteiger partial charge in [-0.1, -0.05) is 20.8 Å². The zero-order valence-electron chi connectivity index (χ0n) is 12.9. The van der Waals surface area contributed by atoms with Crippen molar-refractivity contribution in [2.75, 3.05) is 18.0 Å². The topological polar surface area (TPSA) is 29.3 Å². The molecule has 1 fully saturated rings. The van der Waals surface area contributed by atoms with Gasteiger partial charge in [0.05, 0.1) is 0 Å². The lowest BCUT2D eigenvalue weighted by molar-refractivity contribution is 0.558. The molecule has 1 saturated heterocycles. The standard InChI is InChI=1S/C16H24F2N2S/c1-4-13(19)5-12-6-14(17)16(15(18)7-12)20-8-10(2)21-11(3)9-20/h6-7,10-11,13H,4-5,8-9,19H2,1-3H3. The number of anilines is 1. The SMILES string of the molecule is CCC(N)Cc1cc(F)c(N2CC(C)SC(C)C2)c(F)c1. The molecule has 5 heteroatoms. The molecule has 0 aliphatic carbocycles. The van der Waals surface area contributed by atoms with Crippen LogP contribution in [-0.2, 0) is 6.42 Å². The Balaban J connectivity index is 2.24. The highest BCUT2D eigenvalue weighted by Crippen LogP contribution is 2.32. The van der Waals surface area contributed by atoms with Crippen LogP contribution in [0.25, 0.3) is 0 Å². The third-order valence-electron chi connectivity index (χ3n) is 3.83. The van der Waals surface area contributed by atoms with E-state index in [1.165, 1.54) is 12.1 Å². The number of rotatable bonds is 4. The average Bonchev–Trinajstić information content (AvgIpc) is 2.36. The van der Waals surface area contributed by atoms with Crippen molar-refractivity contribution >= 4 is 17.4 Å². The fraction of sp³-hybridized carbons (Fsp3) is 0.625. The van der Waals surface area contributed by atoms with Crippen LogP contribution in [0.15, 0.2) is 12.1 Å². The maximum atomic E-state index is 14.4. The van der Waals surface area contributed by atoms with Gasteiger partial charge in [-0.25, -0.2) is 8.78 Å². The first-order chi connectivity index (χ1) is 9.90. The molecule has 1 aliphatic heterocycles. The largest absolute Gasteiger partial charge is 0.365 e. The summed E-state index contributed by atoms with van der Waals surface area (Å²) >= 11 is 1.86. The number of thioether (sulfide) groups is 1. The summed E-state index contributed by atoms with van der Waals surface area (Å²) in [5.74, 6) is -0.945. The molecule has 1 aromatic rings. The van der Waals surface area contributed by atoms with E-state index in [4.69, 9.17) is 5.73 Å². The Labute approximate surface area is 130 Å². The van der Waals surface area contributed by atoms with Gasteiger partial charge < -0.3 is 10.6 Å². The van der Waals surface area contributed by atoms with Gasteiger partial charge in [-0.05, 0) is 30.5 Å². The Morgan fingerprint density at radius 2 is 1.76 bits per heavy atom. The molecule has 1 aromatic carbocycles. The maximum absolute atomic E-state index is 14.4. The van der Waals surface area contributed by atoms with Gasteiger partial charge >= 0.3 is 0 Å². The zero-order valence-corrected chi connectivity index (χ0v) is 13.7. The summed E-state index contributed by atoms with van der Waals surface area (Å²) in [6.07, 6.45) is 1.30. The molecule has 118 valence electrons. The molecule has 2 nitrogen and oxygen atoms in total. The lowest BCUT2D eigenvalue weighted by Crippen LogP contribution is -2.41. The molecular formula is C16H24F2N2S. The van der Waals surface area contributed by atoms with Crippen molar-refractivity contribution < 1.29 is 8.78 Å². The molecule has 0 bridgehead atoms. The predicted molar refractivity (Wildman–Crippen MR) is 87.1 cm³/mol. The van der Waals surface area contributed by atoms with Crippen LogP contribution in [0.3, 0.4) is 0 Å². The van der Waals surface area contributed by atoms with Gasteiger partial charge in [-0.15, -0.1) is 0 Å². The molecule has 1 heterocycles. The van der Waals surface area contributed by atoms with E-state index in [1.807, 2.05) is 23.6 Å². The Bertz CT molecular complexity index is 462. The monoisotopic (exact) mass is 314 g/mol. The van der Waals surface area contributed by atoms with Crippen molar-refractivity contribution in [1.82, 2.24) is 0 Å². The lowest BCUT2D eigenvalue weighted by Gasteiger charge is -2.36. The van der Waals surface area contributed by atoms with Crippen molar-refractivity contribution in [3.05, 3.63) is 29.3 Å². The van der Waals surface area contributed by atoms with Crippen LogP contribution < -0.4 is 10.6 Å². The van der Waals surface area contributed by atoms with Crippen molar-refractivity contribution in [2.24, 2.45) is 5.73 Å². The minimum Gasteiger partial charge on any atom is -0.365 e. The lowest BCUT2D eigenvalue weighted by atomic mass is 10.0. The minimum atomic E-state index is -0.473. The number of halogens is 2. The van der Waals surface area contributed by atoms with Gasteiger partial charge in [0.15, 0.2) is 0 Å². The van der Waals surface area contributed by atoms with E-state index < -0.39 is 11.6 Å². The van der Waals surface area contributed by atoms with Gasteiger partial charge in [0, 0.05) is 29.6 Å². The highest BCUT2D eigenvalue weighted by Gasteiger charge is 2.26.